The fourth-order valence-corrected chi connectivity index (χ4v) is 3.75. The summed E-state index contributed by atoms with van der Waals surface area (Å²) in [6.07, 6.45) is 3.18. The average Bonchev–Trinajstić information content (AvgIpc) is 2.72. The van der Waals surface area contributed by atoms with Crippen LogP contribution in [0.4, 0.5) is 5.69 Å². The van der Waals surface area contributed by atoms with Gasteiger partial charge in [-0.2, -0.15) is 0 Å². The summed E-state index contributed by atoms with van der Waals surface area (Å²) >= 11 is 0. The fraction of sp³-hybridized carbons (Fsp3) is 0.409. The minimum absolute atomic E-state index is 0.0145. The largest absolute Gasteiger partial charge is 0.352 e. The van der Waals surface area contributed by atoms with Crippen LogP contribution in [0.3, 0.4) is 0 Å². The molecule has 2 aromatic carbocycles. The summed E-state index contributed by atoms with van der Waals surface area (Å²) in [6, 6.07) is 15.2. The average molecular weight is 381 g/mol. The Hall–Kier alpha value is -2.73. The van der Waals surface area contributed by atoms with Crippen LogP contribution < -0.4 is 5.32 Å². The Morgan fingerprint density at radius 3 is 2.54 bits per heavy atom. The molecule has 6 heteroatoms. The van der Waals surface area contributed by atoms with Gasteiger partial charge in [-0.15, -0.1) is 0 Å². The number of nitro groups is 1. The molecule has 3 rings (SSSR count). The van der Waals surface area contributed by atoms with Gasteiger partial charge in [0.15, 0.2) is 0 Å². The number of nitrogens with zero attached hydrogens (tertiary/aromatic N) is 2. The number of amides is 1. The Morgan fingerprint density at radius 2 is 1.86 bits per heavy atom. The van der Waals surface area contributed by atoms with E-state index in [-0.39, 0.29) is 11.6 Å². The first-order valence-corrected chi connectivity index (χ1v) is 9.83. The molecule has 1 aliphatic rings. The molecule has 1 heterocycles. The van der Waals surface area contributed by atoms with E-state index in [9.17, 15) is 14.9 Å². The number of likely N-dealkylation sites (tertiary alicyclic amines) is 1. The lowest BCUT2D eigenvalue weighted by Gasteiger charge is -2.32. The lowest BCUT2D eigenvalue weighted by Crippen LogP contribution is -2.39. The molecule has 2 aromatic rings. The number of rotatable bonds is 7. The number of nitrogens with one attached hydrogen (secondary N) is 1. The first kappa shape index (κ1) is 20.0. The summed E-state index contributed by atoms with van der Waals surface area (Å²) in [5.74, 6) is 0.226. The van der Waals surface area contributed by atoms with E-state index >= 15 is 0 Å². The standard InChI is InChI=1S/C22H27N3O3/c1-17-20(8-5-9-21(17)25(27)28)22(26)23-16-19-11-14-24(15-12-19)13-10-18-6-3-2-4-7-18/h2-9,19H,10-16H2,1H3,(H,23,26). The summed E-state index contributed by atoms with van der Waals surface area (Å²) in [7, 11) is 0. The number of carbonyl (C=O) groups is 1. The summed E-state index contributed by atoms with van der Waals surface area (Å²) in [5, 5.41) is 14.0. The van der Waals surface area contributed by atoms with Crippen molar-refractivity contribution in [3.8, 4) is 0 Å². The molecule has 1 aliphatic heterocycles. The van der Waals surface area contributed by atoms with Crippen LogP contribution in [0.25, 0.3) is 0 Å². The van der Waals surface area contributed by atoms with Crippen LogP contribution in [-0.2, 0) is 6.42 Å². The molecule has 0 spiro atoms. The molecule has 0 aliphatic carbocycles. The van der Waals surface area contributed by atoms with Crippen LogP contribution in [0.15, 0.2) is 48.5 Å². The van der Waals surface area contributed by atoms with E-state index in [1.54, 1.807) is 19.1 Å². The molecule has 0 unspecified atom stereocenters. The van der Waals surface area contributed by atoms with E-state index in [1.165, 1.54) is 11.6 Å². The zero-order valence-electron chi connectivity index (χ0n) is 16.3. The first-order chi connectivity index (χ1) is 13.5. The van der Waals surface area contributed by atoms with Gasteiger partial charge in [0.1, 0.15) is 0 Å². The minimum atomic E-state index is -0.447. The predicted molar refractivity (Wildman–Crippen MR) is 109 cm³/mol. The number of hydrogen-bond acceptors (Lipinski definition) is 4. The molecule has 0 bridgehead atoms. The summed E-state index contributed by atoms with van der Waals surface area (Å²) in [6.45, 7) is 5.40. The fourth-order valence-electron chi connectivity index (χ4n) is 3.75. The van der Waals surface area contributed by atoms with Gasteiger partial charge in [-0.3, -0.25) is 14.9 Å². The van der Waals surface area contributed by atoms with Gasteiger partial charge in [0, 0.05) is 30.3 Å². The smallest absolute Gasteiger partial charge is 0.273 e. The van der Waals surface area contributed by atoms with Crippen molar-refractivity contribution < 1.29 is 9.72 Å². The molecule has 1 amide bonds. The number of piperidine rings is 1. The van der Waals surface area contributed by atoms with Crippen molar-refractivity contribution in [3.05, 3.63) is 75.3 Å². The highest BCUT2D eigenvalue weighted by molar-refractivity contribution is 5.96. The number of nitro benzene ring substituents is 1. The van der Waals surface area contributed by atoms with E-state index < -0.39 is 4.92 Å². The monoisotopic (exact) mass is 381 g/mol. The van der Waals surface area contributed by atoms with Crippen molar-refractivity contribution in [2.24, 2.45) is 5.92 Å². The Labute approximate surface area is 165 Å². The summed E-state index contributed by atoms with van der Waals surface area (Å²) in [4.78, 5) is 25.5. The lowest BCUT2D eigenvalue weighted by atomic mass is 9.96. The Morgan fingerprint density at radius 1 is 1.14 bits per heavy atom. The maximum Gasteiger partial charge on any atom is 0.273 e. The molecule has 1 N–H and O–H groups in total. The molecule has 148 valence electrons. The second-order valence-corrected chi connectivity index (χ2v) is 7.44. The second-order valence-electron chi connectivity index (χ2n) is 7.44. The van der Waals surface area contributed by atoms with Gasteiger partial charge in [0.2, 0.25) is 0 Å². The molecular weight excluding hydrogens is 354 g/mol. The van der Waals surface area contributed by atoms with Crippen LogP contribution >= 0.6 is 0 Å². The highest BCUT2D eigenvalue weighted by Crippen LogP contribution is 2.21. The molecule has 0 radical (unpaired) electrons. The van der Waals surface area contributed by atoms with Crippen molar-refractivity contribution in [2.75, 3.05) is 26.2 Å². The predicted octanol–water partition coefficient (Wildman–Crippen LogP) is 3.59. The van der Waals surface area contributed by atoms with Gasteiger partial charge in [0.25, 0.3) is 11.6 Å². The normalized spacial score (nSPS) is 15.3. The third kappa shape index (κ3) is 5.16. The minimum Gasteiger partial charge on any atom is -0.352 e. The number of benzene rings is 2. The molecular formula is C22H27N3O3. The van der Waals surface area contributed by atoms with Crippen LogP contribution in [-0.4, -0.2) is 41.9 Å². The quantitative estimate of drug-likeness (QED) is 0.587. The zero-order valence-corrected chi connectivity index (χ0v) is 16.3. The van der Waals surface area contributed by atoms with Crippen LogP contribution in [0.1, 0.15) is 34.3 Å². The molecule has 0 atom stereocenters. The zero-order chi connectivity index (χ0) is 19.9. The van der Waals surface area contributed by atoms with Gasteiger partial charge >= 0.3 is 0 Å². The number of carbonyl (C=O) groups excluding carboxylic acids is 1. The van der Waals surface area contributed by atoms with Crippen LogP contribution in [0.5, 0.6) is 0 Å². The van der Waals surface area contributed by atoms with Crippen molar-refractivity contribution in [1.82, 2.24) is 10.2 Å². The second kappa shape index (κ2) is 9.46. The molecule has 1 fully saturated rings. The van der Waals surface area contributed by atoms with Crippen molar-refractivity contribution in [2.45, 2.75) is 26.2 Å². The van der Waals surface area contributed by atoms with Gasteiger partial charge < -0.3 is 10.2 Å². The molecule has 6 nitrogen and oxygen atoms in total. The van der Waals surface area contributed by atoms with E-state index in [0.29, 0.717) is 23.6 Å². The highest BCUT2D eigenvalue weighted by atomic mass is 16.6. The van der Waals surface area contributed by atoms with Crippen LogP contribution in [0.2, 0.25) is 0 Å². The van der Waals surface area contributed by atoms with E-state index in [0.717, 1.165) is 38.9 Å². The Kier molecular flexibility index (Phi) is 6.76. The van der Waals surface area contributed by atoms with Crippen molar-refractivity contribution in [3.63, 3.8) is 0 Å². The third-order valence-electron chi connectivity index (χ3n) is 5.56. The van der Waals surface area contributed by atoms with Gasteiger partial charge in [-0.05, 0) is 56.8 Å². The molecule has 1 saturated heterocycles. The Balaban J connectivity index is 1.43. The summed E-state index contributed by atoms with van der Waals surface area (Å²) < 4.78 is 0. The highest BCUT2D eigenvalue weighted by Gasteiger charge is 2.21. The third-order valence-corrected chi connectivity index (χ3v) is 5.56. The SMILES string of the molecule is Cc1c(C(=O)NCC2CCN(CCc3ccccc3)CC2)cccc1[N+](=O)[O-]. The summed E-state index contributed by atoms with van der Waals surface area (Å²) in [5.41, 5.74) is 2.15. The van der Waals surface area contributed by atoms with E-state index in [1.807, 2.05) is 6.07 Å². The van der Waals surface area contributed by atoms with Gasteiger partial charge in [0.05, 0.1) is 4.92 Å². The number of hydrogen-bond donors (Lipinski definition) is 1. The topological polar surface area (TPSA) is 75.5 Å². The van der Waals surface area contributed by atoms with Crippen molar-refractivity contribution >= 4 is 11.6 Å². The lowest BCUT2D eigenvalue weighted by molar-refractivity contribution is -0.385. The van der Waals surface area contributed by atoms with E-state index in [2.05, 4.69) is 34.5 Å². The maximum absolute atomic E-state index is 12.5. The molecule has 0 saturated carbocycles. The molecule has 0 aromatic heterocycles. The van der Waals surface area contributed by atoms with Gasteiger partial charge in [-0.1, -0.05) is 36.4 Å². The van der Waals surface area contributed by atoms with Crippen molar-refractivity contribution in [1.29, 1.82) is 0 Å². The first-order valence-electron chi connectivity index (χ1n) is 9.83. The van der Waals surface area contributed by atoms with Gasteiger partial charge in [-0.25, -0.2) is 0 Å². The van der Waals surface area contributed by atoms with E-state index in [4.69, 9.17) is 0 Å². The van der Waals surface area contributed by atoms with Crippen LogP contribution in [0, 0.1) is 23.0 Å². The molecule has 28 heavy (non-hydrogen) atoms. The Bertz CT molecular complexity index is 815. The maximum atomic E-state index is 12.5.